The number of anilines is 1. The Labute approximate surface area is 178 Å². The molecule has 1 fully saturated rings. The molecule has 2 aromatic heterocycles. The number of nitrogens with zero attached hydrogens (tertiary/aromatic N) is 3. The van der Waals surface area contributed by atoms with E-state index in [2.05, 4.69) is 15.3 Å². The predicted molar refractivity (Wildman–Crippen MR) is 116 cm³/mol. The quantitative estimate of drug-likeness (QED) is 0.605. The van der Waals surface area contributed by atoms with Crippen LogP contribution in [0, 0.1) is 5.82 Å². The van der Waals surface area contributed by atoms with E-state index >= 15 is 0 Å². The van der Waals surface area contributed by atoms with E-state index in [0.29, 0.717) is 10.9 Å². The van der Waals surface area contributed by atoms with E-state index in [9.17, 15) is 14.0 Å². The Kier molecular flexibility index (Phi) is 6.08. The van der Waals surface area contributed by atoms with Gasteiger partial charge in [0.15, 0.2) is 0 Å². The Hall–Kier alpha value is -2.42. The molecule has 0 aliphatic heterocycles. The highest BCUT2D eigenvalue weighted by Crippen LogP contribution is 2.34. The zero-order chi connectivity index (χ0) is 21.3. The van der Waals surface area contributed by atoms with E-state index in [1.165, 1.54) is 12.1 Å². The topological polar surface area (TPSA) is 86.0 Å². The molecule has 2 N–H and O–H groups in total. The normalized spacial score (nSPS) is 20.2. The molecule has 1 unspecified atom stereocenters. The van der Waals surface area contributed by atoms with Crippen molar-refractivity contribution in [2.24, 2.45) is 7.05 Å². The van der Waals surface area contributed by atoms with Gasteiger partial charge in [-0.05, 0) is 62.1 Å². The number of rotatable bonds is 5. The van der Waals surface area contributed by atoms with Gasteiger partial charge in [0.2, 0.25) is 0 Å². The standard InChI is InChI=1S/C22H25FN4O2S/c1-27-21(20(26-22(27)30(2)29)14-3-5-16(23)6-4-14)15-11-12-24-19(13-15)25-17-7-9-18(28)10-8-17/h3-6,11-13,17-18,28H,7-10H2,1-2H3,(H,24,25). The van der Waals surface area contributed by atoms with Gasteiger partial charge in [0, 0.05) is 41.6 Å². The third-order valence-corrected chi connectivity index (χ3v) is 6.39. The van der Waals surface area contributed by atoms with Gasteiger partial charge in [0.1, 0.15) is 23.6 Å². The number of imidazole rings is 1. The van der Waals surface area contributed by atoms with Crippen molar-refractivity contribution in [3.63, 3.8) is 0 Å². The van der Waals surface area contributed by atoms with Crippen LogP contribution in [0.25, 0.3) is 22.5 Å². The number of halogens is 1. The third-order valence-electron chi connectivity index (χ3n) is 5.51. The summed E-state index contributed by atoms with van der Waals surface area (Å²) in [5.74, 6) is 0.433. The maximum atomic E-state index is 13.4. The van der Waals surface area contributed by atoms with E-state index < -0.39 is 11.2 Å². The molecule has 158 valence electrons. The van der Waals surface area contributed by atoms with Gasteiger partial charge in [-0.3, -0.25) is 4.57 Å². The van der Waals surface area contributed by atoms with Gasteiger partial charge in [0.25, 0.3) is 0 Å². The molecule has 1 aromatic carbocycles. The molecule has 0 saturated heterocycles. The van der Waals surface area contributed by atoms with Crippen LogP contribution in [0.15, 0.2) is 47.8 Å². The van der Waals surface area contributed by atoms with Crippen LogP contribution in [0.4, 0.5) is 10.2 Å². The molecule has 1 atom stereocenters. The average molecular weight is 429 g/mol. The summed E-state index contributed by atoms with van der Waals surface area (Å²) in [4.78, 5) is 9.06. The Morgan fingerprint density at radius 3 is 2.50 bits per heavy atom. The molecule has 2 heterocycles. The third kappa shape index (κ3) is 4.35. The largest absolute Gasteiger partial charge is 0.609 e. The van der Waals surface area contributed by atoms with Crippen molar-refractivity contribution in [2.75, 3.05) is 11.6 Å². The van der Waals surface area contributed by atoms with Crippen molar-refractivity contribution < 1.29 is 14.0 Å². The van der Waals surface area contributed by atoms with Gasteiger partial charge < -0.3 is 15.0 Å². The van der Waals surface area contributed by atoms with E-state index in [4.69, 9.17) is 0 Å². The monoisotopic (exact) mass is 428 g/mol. The second-order valence-corrected chi connectivity index (χ2v) is 8.96. The summed E-state index contributed by atoms with van der Waals surface area (Å²) in [6, 6.07) is 10.3. The maximum absolute atomic E-state index is 13.4. The van der Waals surface area contributed by atoms with Crippen LogP contribution in [0.1, 0.15) is 25.7 Å². The first-order valence-corrected chi connectivity index (χ1v) is 11.6. The summed E-state index contributed by atoms with van der Waals surface area (Å²) < 4.78 is 27.5. The second-order valence-electron chi connectivity index (χ2n) is 7.69. The molecule has 3 aromatic rings. The zero-order valence-corrected chi connectivity index (χ0v) is 17.8. The highest BCUT2D eigenvalue weighted by Gasteiger charge is 2.24. The van der Waals surface area contributed by atoms with Gasteiger partial charge in [-0.1, -0.05) is 0 Å². The first-order chi connectivity index (χ1) is 14.4. The SMILES string of the molecule is Cn1c([S+](C)[O-])nc(-c2ccc(F)cc2)c1-c1ccnc(NC2CCC(O)CC2)c1. The van der Waals surface area contributed by atoms with Crippen LogP contribution in [0.3, 0.4) is 0 Å². The fraction of sp³-hybridized carbons (Fsp3) is 0.364. The Morgan fingerprint density at radius 1 is 1.13 bits per heavy atom. The summed E-state index contributed by atoms with van der Waals surface area (Å²) in [6.45, 7) is 0. The summed E-state index contributed by atoms with van der Waals surface area (Å²) in [5, 5.41) is 13.6. The highest BCUT2D eigenvalue weighted by atomic mass is 32.2. The molecular formula is C22H25FN4O2S. The summed E-state index contributed by atoms with van der Waals surface area (Å²) in [7, 11) is 1.84. The molecule has 1 aliphatic rings. The first-order valence-electron chi connectivity index (χ1n) is 9.99. The molecule has 6 nitrogen and oxygen atoms in total. The Balaban J connectivity index is 1.71. The van der Waals surface area contributed by atoms with Crippen molar-refractivity contribution in [1.29, 1.82) is 0 Å². The van der Waals surface area contributed by atoms with Crippen LogP contribution < -0.4 is 5.32 Å². The lowest BCUT2D eigenvalue weighted by atomic mass is 9.93. The Morgan fingerprint density at radius 2 is 1.83 bits per heavy atom. The number of aliphatic hydroxyl groups is 1. The van der Waals surface area contributed by atoms with Gasteiger partial charge in [-0.15, -0.1) is 0 Å². The molecule has 0 spiro atoms. The van der Waals surface area contributed by atoms with E-state index in [-0.39, 0.29) is 18.0 Å². The fourth-order valence-corrected chi connectivity index (χ4v) is 4.66. The lowest BCUT2D eigenvalue weighted by molar-refractivity contribution is 0.126. The highest BCUT2D eigenvalue weighted by molar-refractivity contribution is 7.90. The van der Waals surface area contributed by atoms with Gasteiger partial charge in [-0.2, -0.15) is 4.98 Å². The lowest BCUT2D eigenvalue weighted by Crippen LogP contribution is -2.28. The molecule has 1 aliphatic carbocycles. The number of hydrogen-bond donors (Lipinski definition) is 2. The molecule has 1 saturated carbocycles. The summed E-state index contributed by atoms with van der Waals surface area (Å²) >= 11 is -1.27. The zero-order valence-electron chi connectivity index (χ0n) is 17.0. The van der Waals surface area contributed by atoms with E-state index in [1.54, 1.807) is 24.6 Å². The van der Waals surface area contributed by atoms with Crippen molar-refractivity contribution in [2.45, 2.75) is 43.0 Å². The molecule has 0 radical (unpaired) electrons. The minimum atomic E-state index is -1.27. The molecule has 30 heavy (non-hydrogen) atoms. The molecule has 4 rings (SSSR count). The van der Waals surface area contributed by atoms with Crippen molar-refractivity contribution in [3.05, 3.63) is 48.4 Å². The predicted octanol–water partition coefficient (Wildman–Crippen LogP) is 3.74. The number of pyridine rings is 1. The van der Waals surface area contributed by atoms with Crippen LogP contribution >= 0.6 is 0 Å². The fourth-order valence-electron chi connectivity index (χ4n) is 3.96. The molecule has 8 heteroatoms. The number of hydrogen-bond acceptors (Lipinski definition) is 5. The van der Waals surface area contributed by atoms with Crippen LogP contribution in [0.5, 0.6) is 0 Å². The molecular weight excluding hydrogens is 403 g/mol. The van der Waals surface area contributed by atoms with E-state index in [1.807, 2.05) is 23.7 Å². The van der Waals surface area contributed by atoms with Crippen molar-refractivity contribution in [3.8, 4) is 22.5 Å². The lowest BCUT2D eigenvalue weighted by Gasteiger charge is -2.26. The summed E-state index contributed by atoms with van der Waals surface area (Å²) in [6.07, 6.45) is 6.51. The average Bonchev–Trinajstić information content (AvgIpc) is 3.08. The van der Waals surface area contributed by atoms with E-state index in [0.717, 1.165) is 48.3 Å². The number of aromatic nitrogens is 3. The minimum Gasteiger partial charge on any atom is -0.609 e. The van der Waals surface area contributed by atoms with Crippen LogP contribution in [-0.4, -0.2) is 42.6 Å². The first kappa shape index (κ1) is 20.8. The van der Waals surface area contributed by atoms with Gasteiger partial charge in [-0.25, -0.2) is 9.37 Å². The number of benzene rings is 1. The smallest absolute Gasteiger partial charge is 0.323 e. The molecule has 0 bridgehead atoms. The van der Waals surface area contributed by atoms with Crippen LogP contribution in [-0.2, 0) is 18.2 Å². The Bertz CT molecular complexity index is 1010. The number of nitrogens with one attached hydrogen (secondary N) is 1. The van der Waals surface area contributed by atoms with Crippen molar-refractivity contribution >= 4 is 17.0 Å². The molecule has 0 amide bonds. The van der Waals surface area contributed by atoms with Crippen LogP contribution in [0.2, 0.25) is 0 Å². The minimum absolute atomic E-state index is 0.205. The maximum Gasteiger partial charge on any atom is 0.323 e. The van der Waals surface area contributed by atoms with Gasteiger partial charge in [0.05, 0.1) is 11.8 Å². The second kappa shape index (κ2) is 8.75. The summed E-state index contributed by atoms with van der Waals surface area (Å²) in [5.41, 5.74) is 3.10. The number of aliphatic hydroxyl groups excluding tert-OH is 1. The van der Waals surface area contributed by atoms with Gasteiger partial charge >= 0.3 is 5.16 Å². The van der Waals surface area contributed by atoms with Crippen molar-refractivity contribution in [1.82, 2.24) is 14.5 Å².